The molecule has 0 aromatic heterocycles. The SMILES string of the molecule is O=C(O)c1ccccc1-c1ccc(S(=O)(=O)O)cc1. The zero-order chi connectivity index (χ0) is 14.0. The van der Waals surface area contributed by atoms with E-state index >= 15 is 0 Å². The number of hydrogen-bond acceptors (Lipinski definition) is 3. The molecule has 0 spiro atoms. The van der Waals surface area contributed by atoms with Gasteiger partial charge in [0.05, 0.1) is 10.5 Å². The number of carboxylic acids is 1. The van der Waals surface area contributed by atoms with Crippen molar-refractivity contribution < 1.29 is 22.9 Å². The summed E-state index contributed by atoms with van der Waals surface area (Å²) in [6, 6.07) is 11.8. The Balaban J connectivity index is 2.52. The molecule has 0 amide bonds. The fraction of sp³-hybridized carbons (Fsp3) is 0. The predicted molar refractivity (Wildman–Crippen MR) is 68.7 cm³/mol. The summed E-state index contributed by atoms with van der Waals surface area (Å²) in [6.07, 6.45) is 0. The van der Waals surface area contributed by atoms with Gasteiger partial charge >= 0.3 is 5.97 Å². The molecule has 0 saturated carbocycles. The van der Waals surface area contributed by atoms with Gasteiger partial charge in [0.15, 0.2) is 0 Å². The van der Waals surface area contributed by atoms with Crippen LogP contribution in [0.5, 0.6) is 0 Å². The first-order valence-electron chi connectivity index (χ1n) is 5.30. The van der Waals surface area contributed by atoms with E-state index in [-0.39, 0.29) is 10.5 Å². The first-order chi connectivity index (χ1) is 8.89. The van der Waals surface area contributed by atoms with E-state index in [1.165, 1.54) is 30.3 Å². The van der Waals surface area contributed by atoms with E-state index < -0.39 is 16.1 Å². The molecule has 0 aliphatic carbocycles. The highest BCUT2D eigenvalue weighted by molar-refractivity contribution is 7.85. The van der Waals surface area contributed by atoms with Crippen molar-refractivity contribution in [3.63, 3.8) is 0 Å². The maximum Gasteiger partial charge on any atom is 0.336 e. The molecule has 98 valence electrons. The second-order valence-corrected chi connectivity index (χ2v) is 5.27. The first kappa shape index (κ1) is 13.3. The van der Waals surface area contributed by atoms with Crippen molar-refractivity contribution in [3.8, 4) is 11.1 Å². The quantitative estimate of drug-likeness (QED) is 0.840. The van der Waals surface area contributed by atoms with Gasteiger partial charge in [0.2, 0.25) is 0 Å². The number of aromatic carboxylic acids is 1. The van der Waals surface area contributed by atoms with Crippen LogP contribution < -0.4 is 0 Å². The van der Waals surface area contributed by atoms with E-state index in [1.54, 1.807) is 18.2 Å². The maximum atomic E-state index is 11.1. The van der Waals surface area contributed by atoms with Crippen molar-refractivity contribution in [1.29, 1.82) is 0 Å². The number of carbonyl (C=O) groups is 1. The fourth-order valence-corrected chi connectivity index (χ4v) is 2.21. The average Bonchev–Trinajstić information content (AvgIpc) is 2.38. The molecule has 6 heteroatoms. The van der Waals surface area contributed by atoms with Crippen LogP contribution in [-0.2, 0) is 10.1 Å². The number of hydrogen-bond donors (Lipinski definition) is 2. The van der Waals surface area contributed by atoms with E-state index in [2.05, 4.69) is 0 Å². The van der Waals surface area contributed by atoms with Gasteiger partial charge in [-0.1, -0.05) is 30.3 Å². The van der Waals surface area contributed by atoms with E-state index in [4.69, 9.17) is 9.66 Å². The molecule has 0 bridgehead atoms. The van der Waals surface area contributed by atoms with Gasteiger partial charge in [0, 0.05) is 0 Å². The minimum Gasteiger partial charge on any atom is -0.478 e. The van der Waals surface area contributed by atoms with Crippen LogP contribution in [0.1, 0.15) is 10.4 Å². The molecule has 0 fully saturated rings. The summed E-state index contributed by atoms with van der Waals surface area (Å²) in [7, 11) is -4.24. The zero-order valence-corrected chi connectivity index (χ0v) is 10.5. The molecule has 2 aromatic rings. The number of rotatable bonds is 3. The molecular weight excluding hydrogens is 268 g/mol. The van der Waals surface area contributed by atoms with Crippen molar-refractivity contribution >= 4 is 16.1 Å². The monoisotopic (exact) mass is 278 g/mol. The second-order valence-electron chi connectivity index (χ2n) is 3.85. The van der Waals surface area contributed by atoms with Gasteiger partial charge in [-0.05, 0) is 29.3 Å². The summed E-state index contributed by atoms with van der Waals surface area (Å²) in [5.74, 6) is -1.06. The van der Waals surface area contributed by atoms with E-state index in [9.17, 15) is 13.2 Å². The van der Waals surface area contributed by atoms with Crippen LogP contribution >= 0.6 is 0 Å². The maximum absolute atomic E-state index is 11.1. The Morgan fingerprint density at radius 3 is 2.05 bits per heavy atom. The van der Waals surface area contributed by atoms with Crippen LogP contribution in [-0.4, -0.2) is 24.0 Å². The summed E-state index contributed by atoms with van der Waals surface area (Å²) in [5.41, 5.74) is 1.17. The van der Waals surface area contributed by atoms with Gasteiger partial charge in [-0.2, -0.15) is 8.42 Å². The highest BCUT2D eigenvalue weighted by Gasteiger charge is 2.13. The molecule has 0 unspecified atom stereocenters. The molecular formula is C13H10O5S. The summed E-state index contributed by atoms with van der Waals surface area (Å²) >= 11 is 0. The minimum absolute atomic E-state index is 0.127. The van der Waals surface area contributed by atoms with Gasteiger partial charge in [-0.25, -0.2) is 4.79 Å². The van der Waals surface area contributed by atoms with Crippen molar-refractivity contribution in [2.75, 3.05) is 0 Å². The lowest BCUT2D eigenvalue weighted by atomic mass is 10.00. The highest BCUT2D eigenvalue weighted by atomic mass is 32.2. The van der Waals surface area contributed by atoms with Crippen LogP contribution in [0.2, 0.25) is 0 Å². The van der Waals surface area contributed by atoms with E-state index in [1.807, 2.05) is 0 Å². The summed E-state index contributed by atoms with van der Waals surface area (Å²) in [6.45, 7) is 0. The molecule has 2 N–H and O–H groups in total. The highest BCUT2D eigenvalue weighted by Crippen LogP contribution is 2.25. The standard InChI is InChI=1S/C13H10O5S/c14-13(15)12-4-2-1-3-11(12)9-5-7-10(8-6-9)19(16,17)18/h1-8H,(H,14,15)(H,16,17,18). The Kier molecular flexibility index (Phi) is 3.37. The van der Waals surface area contributed by atoms with Crippen molar-refractivity contribution in [1.82, 2.24) is 0 Å². The molecule has 0 aliphatic rings. The smallest absolute Gasteiger partial charge is 0.336 e. The molecule has 0 saturated heterocycles. The van der Waals surface area contributed by atoms with Gasteiger partial charge in [-0.3, -0.25) is 4.55 Å². The lowest BCUT2D eigenvalue weighted by molar-refractivity contribution is 0.0697. The molecule has 0 radical (unpaired) electrons. The van der Waals surface area contributed by atoms with Crippen LogP contribution in [0.3, 0.4) is 0 Å². The van der Waals surface area contributed by atoms with Crippen LogP contribution in [0.4, 0.5) is 0 Å². The van der Waals surface area contributed by atoms with Crippen molar-refractivity contribution in [2.24, 2.45) is 0 Å². The van der Waals surface area contributed by atoms with Crippen LogP contribution in [0.25, 0.3) is 11.1 Å². The minimum atomic E-state index is -4.24. The summed E-state index contributed by atoms with van der Waals surface area (Å²) < 4.78 is 30.7. The molecule has 19 heavy (non-hydrogen) atoms. The Labute approximate surface area is 109 Å². The topological polar surface area (TPSA) is 91.7 Å². The average molecular weight is 278 g/mol. The van der Waals surface area contributed by atoms with Crippen LogP contribution in [0.15, 0.2) is 53.4 Å². The third kappa shape index (κ3) is 2.81. The lowest BCUT2D eigenvalue weighted by Gasteiger charge is -2.06. The Hall–Kier alpha value is -2.18. The van der Waals surface area contributed by atoms with Crippen LogP contribution in [0, 0.1) is 0 Å². The Morgan fingerprint density at radius 1 is 0.947 bits per heavy atom. The number of benzene rings is 2. The van der Waals surface area contributed by atoms with E-state index in [0.717, 1.165) is 0 Å². The summed E-state index contributed by atoms with van der Waals surface area (Å²) in [5, 5.41) is 9.07. The molecule has 2 rings (SSSR count). The third-order valence-corrected chi connectivity index (χ3v) is 3.49. The Bertz CT molecular complexity index is 717. The summed E-state index contributed by atoms with van der Waals surface area (Å²) in [4.78, 5) is 10.9. The van der Waals surface area contributed by atoms with Gasteiger partial charge in [-0.15, -0.1) is 0 Å². The van der Waals surface area contributed by atoms with Gasteiger partial charge in [0.1, 0.15) is 0 Å². The van der Waals surface area contributed by atoms with Crippen molar-refractivity contribution in [2.45, 2.75) is 4.90 Å². The molecule has 0 atom stereocenters. The molecule has 2 aromatic carbocycles. The molecule has 5 nitrogen and oxygen atoms in total. The van der Waals surface area contributed by atoms with Gasteiger partial charge < -0.3 is 5.11 Å². The van der Waals surface area contributed by atoms with Crippen molar-refractivity contribution in [3.05, 3.63) is 54.1 Å². The third-order valence-electron chi connectivity index (χ3n) is 2.62. The molecule has 0 heterocycles. The lowest BCUT2D eigenvalue weighted by Crippen LogP contribution is -2.00. The fourth-order valence-electron chi connectivity index (χ4n) is 1.73. The number of carboxylic acid groups (broad SMARTS) is 1. The zero-order valence-electron chi connectivity index (χ0n) is 9.65. The Morgan fingerprint density at radius 2 is 1.53 bits per heavy atom. The normalized spacial score (nSPS) is 11.2. The first-order valence-corrected chi connectivity index (χ1v) is 6.74. The second kappa shape index (κ2) is 4.83. The largest absolute Gasteiger partial charge is 0.478 e. The van der Waals surface area contributed by atoms with E-state index in [0.29, 0.717) is 11.1 Å². The molecule has 0 aliphatic heterocycles. The predicted octanol–water partition coefficient (Wildman–Crippen LogP) is 2.30. The van der Waals surface area contributed by atoms with Gasteiger partial charge in [0.25, 0.3) is 10.1 Å².